The molecule has 5 heterocycles. The zero-order valence-corrected chi connectivity index (χ0v) is 22.3. The molecule has 38 heavy (non-hydrogen) atoms. The number of furan rings is 2. The van der Waals surface area contributed by atoms with Crippen molar-refractivity contribution in [2.24, 2.45) is 11.0 Å². The van der Waals surface area contributed by atoms with Crippen molar-refractivity contribution in [1.29, 1.82) is 0 Å². The predicted octanol–water partition coefficient (Wildman–Crippen LogP) is 5.96. The fourth-order valence-electron chi connectivity index (χ4n) is 5.90. The van der Waals surface area contributed by atoms with Crippen LogP contribution in [0.15, 0.2) is 66.3 Å². The van der Waals surface area contributed by atoms with Crippen molar-refractivity contribution >= 4 is 51.0 Å². The minimum Gasteiger partial charge on any atom is -0.467 e. The molecule has 7 rings (SSSR count). The Morgan fingerprint density at radius 2 is 2.03 bits per heavy atom. The minimum atomic E-state index is -0.299. The molecule has 4 aromatic heterocycles. The molecule has 2 aliphatic carbocycles. The number of allylic oxidation sites excluding steroid dienone is 1. The van der Waals surface area contributed by atoms with Crippen molar-refractivity contribution < 1.29 is 13.6 Å². The van der Waals surface area contributed by atoms with E-state index in [9.17, 15) is 9.59 Å². The van der Waals surface area contributed by atoms with Crippen molar-refractivity contribution in [2.75, 3.05) is 5.75 Å². The van der Waals surface area contributed by atoms with Gasteiger partial charge in [0.15, 0.2) is 5.16 Å². The van der Waals surface area contributed by atoms with Crippen LogP contribution in [0.1, 0.15) is 60.1 Å². The highest BCUT2D eigenvalue weighted by Gasteiger charge is 2.45. The van der Waals surface area contributed by atoms with E-state index in [1.807, 2.05) is 30.3 Å². The lowest BCUT2D eigenvalue weighted by Gasteiger charge is -2.27. The highest BCUT2D eigenvalue weighted by Crippen LogP contribution is 2.45. The quantitative estimate of drug-likeness (QED) is 0.244. The average molecular weight is 547 g/mol. The first-order valence-corrected chi connectivity index (χ1v) is 14.8. The van der Waals surface area contributed by atoms with E-state index >= 15 is 0 Å². The van der Waals surface area contributed by atoms with E-state index in [-0.39, 0.29) is 29.2 Å². The molecule has 1 fully saturated rings. The molecule has 0 unspecified atom stereocenters. The number of hydrazone groups is 1. The monoisotopic (exact) mass is 546 g/mol. The summed E-state index contributed by atoms with van der Waals surface area (Å²) in [7, 11) is 0. The molecule has 0 radical (unpaired) electrons. The Bertz CT molecular complexity index is 1610. The fraction of sp³-hybridized carbons (Fsp3) is 0.357. The molecule has 8 nitrogen and oxygen atoms in total. The van der Waals surface area contributed by atoms with Crippen LogP contribution < -0.4 is 5.56 Å². The van der Waals surface area contributed by atoms with Crippen molar-refractivity contribution in [2.45, 2.75) is 56.1 Å². The Labute approximate surface area is 226 Å². The second-order valence-electron chi connectivity index (χ2n) is 9.92. The second kappa shape index (κ2) is 9.74. The molecular weight excluding hydrogens is 520 g/mol. The van der Waals surface area contributed by atoms with Crippen LogP contribution in [-0.2, 0) is 17.6 Å². The molecule has 0 aromatic carbocycles. The Morgan fingerprint density at radius 1 is 1.16 bits per heavy atom. The molecule has 4 aromatic rings. The highest BCUT2D eigenvalue weighted by atomic mass is 32.2. The van der Waals surface area contributed by atoms with Crippen molar-refractivity contribution in [1.82, 2.24) is 15.0 Å². The number of hydrogen-bond donors (Lipinski definition) is 1. The SMILES string of the molecule is O=C(CSc1nc2sc3c(c2c(=O)[nH]1)CCCC3)N1N=C2/C(=C\c3ccco3)CCC[C@@H]2[C@H]1c1ccco1. The first-order valence-electron chi connectivity index (χ1n) is 13.0. The summed E-state index contributed by atoms with van der Waals surface area (Å²) in [5, 5.41) is 7.63. The molecule has 1 saturated carbocycles. The van der Waals surface area contributed by atoms with E-state index < -0.39 is 0 Å². The van der Waals surface area contributed by atoms with Crippen LogP contribution in [0, 0.1) is 5.92 Å². The second-order valence-corrected chi connectivity index (χ2v) is 12.0. The summed E-state index contributed by atoms with van der Waals surface area (Å²) in [6.45, 7) is 0. The van der Waals surface area contributed by atoms with Crippen molar-refractivity contribution in [3.05, 3.63) is 74.7 Å². The number of hydrogen-bond acceptors (Lipinski definition) is 8. The number of aromatic amines is 1. The molecule has 2 atom stereocenters. The summed E-state index contributed by atoms with van der Waals surface area (Å²) < 4.78 is 11.3. The first kappa shape index (κ1) is 23.7. The Balaban J connectivity index is 1.16. The van der Waals surface area contributed by atoms with Gasteiger partial charge >= 0.3 is 0 Å². The smallest absolute Gasteiger partial charge is 0.260 e. The molecule has 10 heteroatoms. The summed E-state index contributed by atoms with van der Waals surface area (Å²) in [6.07, 6.45) is 12.3. The number of nitrogens with zero attached hydrogens (tertiary/aromatic N) is 3. The Hall–Kier alpha value is -3.37. The van der Waals surface area contributed by atoms with E-state index in [0.717, 1.165) is 83.5 Å². The fourth-order valence-corrected chi connectivity index (χ4v) is 7.93. The van der Waals surface area contributed by atoms with Crippen molar-refractivity contribution in [3.63, 3.8) is 0 Å². The highest BCUT2D eigenvalue weighted by molar-refractivity contribution is 7.99. The molecular formula is C28H26N4O4S2. The van der Waals surface area contributed by atoms with Gasteiger partial charge < -0.3 is 13.8 Å². The summed E-state index contributed by atoms with van der Waals surface area (Å²) in [6, 6.07) is 7.24. The van der Waals surface area contributed by atoms with E-state index in [2.05, 4.69) is 4.98 Å². The zero-order chi connectivity index (χ0) is 25.6. The molecule has 0 saturated heterocycles. The van der Waals surface area contributed by atoms with E-state index in [0.29, 0.717) is 5.16 Å². The van der Waals surface area contributed by atoms with Crippen LogP contribution in [-0.4, -0.2) is 32.3 Å². The number of aryl methyl sites for hydroxylation is 2. The first-order chi connectivity index (χ1) is 18.7. The summed E-state index contributed by atoms with van der Waals surface area (Å²) in [5.41, 5.74) is 3.06. The third-order valence-corrected chi connectivity index (χ3v) is 9.63. The van der Waals surface area contributed by atoms with Gasteiger partial charge in [-0.25, -0.2) is 9.99 Å². The molecule has 1 amide bonds. The maximum absolute atomic E-state index is 13.6. The lowest BCUT2D eigenvalue weighted by atomic mass is 9.79. The lowest BCUT2D eigenvalue weighted by Crippen LogP contribution is -2.32. The molecule has 0 bridgehead atoms. The maximum Gasteiger partial charge on any atom is 0.260 e. The number of amides is 1. The number of thiophene rings is 1. The van der Waals surface area contributed by atoms with Gasteiger partial charge in [-0.2, -0.15) is 5.10 Å². The number of H-pyrrole nitrogens is 1. The maximum atomic E-state index is 13.6. The summed E-state index contributed by atoms with van der Waals surface area (Å²) in [5.74, 6) is 1.51. The van der Waals surface area contributed by atoms with Crippen LogP contribution in [0.2, 0.25) is 0 Å². The summed E-state index contributed by atoms with van der Waals surface area (Å²) >= 11 is 2.86. The van der Waals surface area contributed by atoms with Crippen LogP contribution in [0.25, 0.3) is 16.3 Å². The molecule has 3 aliphatic rings. The van der Waals surface area contributed by atoms with E-state index in [1.165, 1.54) is 16.6 Å². The van der Waals surface area contributed by atoms with Gasteiger partial charge in [-0.3, -0.25) is 9.59 Å². The normalized spacial score (nSPS) is 22.1. The van der Waals surface area contributed by atoms with Gasteiger partial charge in [-0.05, 0) is 86.4 Å². The van der Waals surface area contributed by atoms with Gasteiger partial charge in [-0.15, -0.1) is 11.3 Å². The number of aromatic nitrogens is 2. The van der Waals surface area contributed by atoms with Gasteiger partial charge in [0.2, 0.25) is 0 Å². The number of carbonyl (C=O) groups excluding carboxylic acids is 1. The molecule has 1 aliphatic heterocycles. The standard InChI is InChI=1S/C28H26N4O4S2/c33-22(15-37-28-29-26(34)23-18-8-1-2-11-21(18)38-27(23)30-28)32-25(20-10-5-13-36-20)19-9-3-6-16(24(19)31-32)14-17-7-4-12-35-17/h4-5,7,10,12-14,19,25H,1-3,6,8-9,11,15H2,(H,29,30,34)/b16-14-/t19-,25-/m0/s1. The predicted molar refractivity (Wildman–Crippen MR) is 147 cm³/mol. The molecule has 0 spiro atoms. The number of rotatable bonds is 5. The minimum absolute atomic E-state index is 0.0526. The van der Waals surface area contributed by atoms with Crippen LogP contribution in [0.4, 0.5) is 0 Å². The van der Waals surface area contributed by atoms with Gasteiger partial charge in [0, 0.05) is 10.8 Å². The van der Waals surface area contributed by atoms with Crippen LogP contribution >= 0.6 is 23.1 Å². The van der Waals surface area contributed by atoms with E-state index in [4.69, 9.17) is 18.9 Å². The topological polar surface area (TPSA) is 105 Å². The zero-order valence-electron chi connectivity index (χ0n) is 20.6. The lowest BCUT2D eigenvalue weighted by molar-refractivity contribution is -0.131. The third kappa shape index (κ3) is 4.16. The van der Waals surface area contributed by atoms with Crippen molar-refractivity contribution in [3.8, 4) is 0 Å². The summed E-state index contributed by atoms with van der Waals surface area (Å²) in [4.78, 5) is 36.2. The van der Waals surface area contributed by atoms with Gasteiger partial charge in [-0.1, -0.05) is 11.8 Å². The number of thioether (sulfide) groups is 1. The Morgan fingerprint density at radius 3 is 2.87 bits per heavy atom. The Kier molecular flexibility index (Phi) is 6.08. The van der Waals surface area contributed by atoms with Gasteiger partial charge in [0.05, 0.1) is 29.4 Å². The third-order valence-electron chi connectivity index (χ3n) is 7.59. The number of nitrogens with one attached hydrogen (secondary N) is 1. The molecule has 1 N–H and O–H groups in total. The van der Waals surface area contributed by atoms with Crippen LogP contribution in [0.3, 0.4) is 0 Å². The number of carbonyl (C=O) groups is 1. The van der Waals surface area contributed by atoms with E-state index in [1.54, 1.807) is 28.9 Å². The largest absolute Gasteiger partial charge is 0.467 e. The molecule has 194 valence electrons. The van der Waals surface area contributed by atoms with Crippen LogP contribution in [0.5, 0.6) is 0 Å². The van der Waals surface area contributed by atoms with Gasteiger partial charge in [0.25, 0.3) is 11.5 Å². The number of fused-ring (bicyclic) bond motifs is 4. The van der Waals surface area contributed by atoms with Gasteiger partial charge in [0.1, 0.15) is 22.4 Å². The average Bonchev–Trinajstić information content (AvgIpc) is 3.72.